The molecule has 0 atom stereocenters. The summed E-state index contributed by atoms with van der Waals surface area (Å²) < 4.78 is 16.8. The zero-order chi connectivity index (χ0) is 19.1. The maximum atomic E-state index is 10.6. The van der Waals surface area contributed by atoms with Crippen LogP contribution in [0, 0.1) is 13.8 Å². The highest BCUT2D eigenvalue weighted by atomic mass is 35.5. The Morgan fingerprint density at radius 3 is 2.31 bits per heavy atom. The second-order valence-corrected chi connectivity index (χ2v) is 6.03. The summed E-state index contributed by atoms with van der Waals surface area (Å²) in [7, 11) is 1.50. The van der Waals surface area contributed by atoms with Crippen molar-refractivity contribution >= 4 is 23.6 Å². The van der Waals surface area contributed by atoms with Crippen LogP contribution >= 0.6 is 11.6 Å². The number of methoxy groups -OCH3 is 1. The summed E-state index contributed by atoms with van der Waals surface area (Å²) in [6, 6.07) is 9.25. The molecule has 0 amide bonds. The minimum atomic E-state index is -1.04. The third kappa shape index (κ3) is 5.17. The van der Waals surface area contributed by atoms with E-state index in [1.807, 2.05) is 32.0 Å². The molecule has 0 spiro atoms. The Bertz CT molecular complexity index is 794. The molecule has 6 heteroatoms. The summed E-state index contributed by atoms with van der Waals surface area (Å²) in [5.41, 5.74) is 2.73. The standard InChI is InChI=1S/C20H21ClO5/c1-13-5-4-6-14(2)19(13)25-9-10-26-20-16(21)11-15(7-8-18(22)23)12-17(20)24-3/h4-8,11-12H,9-10H2,1-3H3,(H,22,23). The van der Waals surface area contributed by atoms with E-state index in [1.54, 1.807) is 12.1 Å². The first kappa shape index (κ1) is 19.7. The van der Waals surface area contributed by atoms with Gasteiger partial charge in [0.25, 0.3) is 0 Å². The Morgan fingerprint density at radius 2 is 1.73 bits per heavy atom. The number of hydrogen-bond donors (Lipinski definition) is 1. The number of hydrogen-bond acceptors (Lipinski definition) is 4. The van der Waals surface area contributed by atoms with Crippen molar-refractivity contribution in [2.24, 2.45) is 0 Å². The van der Waals surface area contributed by atoms with E-state index in [0.29, 0.717) is 28.7 Å². The molecule has 1 N–H and O–H groups in total. The average Bonchev–Trinajstić information content (AvgIpc) is 2.59. The molecule has 26 heavy (non-hydrogen) atoms. The zero-order valence-electron chi connectivity index (χ0n) is 14.9. The van der Waals surface area contributed by atoms with Crippen LogP contribution in [0.4, 0.5) is 0 Å². The van der Waals surface area contributed by atoms with Crippen LogP contribution in [0.3, 0.4) is 0 Å². The van der Waals surface area contributed by atoms with Crippen LogP contribution in [0.2, 0.25) is 5.02 Å². The molecule has 0 bridgehead atoms. The summed E-state index contributed by atoms with van der Waals surface area (Å²) >= 11 is 6.25. The highest BCUT2D eigenvalue weighted by Gasteiger charge is 2.12. The number of carbonyl (C=O) groups is 1. The Morgan fingerprint density at radius 1 is 1.12 bits per heavy atom. The molecule has 0 aromatic heterocycles. The third-order valence-corrected chi connectivity index (χ3v) is 3.94. The van der Waals surface area contributed by atoms with Crippen molar-refractivity contribution in [2.45, 2.75) is 13.8 Å². The molecule has 2 rings (SSSR count). The summed E-state index contributed by atoms with van der Waals surface area (Å²) in [6.07, 6.45) is 2.47. The summed E-state index contributed by atoms with van der Waals surface area (Å²) in [6.45, 7) is 4.62. The van der Waals surface area contributed by atoms with Crippen molar-refractivity contribution in [3.63, 3.8) is 0 Å². The Kier molecular flexibility index (Phi) is 6.92. The van der Waals surface area contributed by atoms with Crippen molar-refractivity contribution in [2.75, 3.05) is 20.3 Å². The first-order valence-corrected chi connectivity index (χ1v) is 8.40. The van der Waals surface area contributed by atoms with Gasteiger partial charge in [0.2, 0.25) is 0 Å². The van der Waals surface area contributed by atoms with Gasteiger partial charge in [-0.2, -0.15) is 0 Å². The molecule has 0 aliphatic rings. The quantitative estimate of drug-likeness (QED) is 0.542. The summed E-state index contributed by atoms with van der Waals surface area (Å²) in [4.78, 5) is 10.6. The van der Waals surface area contributed by atoms with Crippen molar-refractivity contribution in [1.82, 2.24) is 0 Å². The molecular formula is C20H21ClO5. The van der Waals surface area contributed by atoms with Crippen LogP contribution in [-0.2, 0) is 4.79 Å². The zero-order valence-corrected chi connectivity index (χ0v) is 15.7. The molecule has 0 saturated carbocycles. The van der Waals surface area contributed by atoms with E-state index in [0.717, 1.165) is 23.0 Å². The van der Waals surface area contributed by atoms with Crippen molar-refractivity contribution in [1.29, 1.82) is 0 Å². The smallest absolute Gasteiger partial charge is 0.328 e. The number of benzene rings is 2. The maximum absolute atomic E-state index is 10.6. The van der Waals surface area contributed by atoms with Crippen LogP contribution in [0.1, 0.15) is 16.7 Å². The number of carboxylic acid groups (broad SMARTS) is 1. The number of para-hydroxylation sites is 1. The first-order valence-electron chi connectivity index (χ1n) is 8.02. The Balaban J connectivity index is 2.04. The van der Waals surface area contributed by atoms with Gasteiger partial charge in [-0.3, -0.25) is 0 Å². The first-order chi connectivity index (χ1) is 12.4. The second kappa shape index (κ2) is 9.15. The molecule has 2 aromatic rings. The van der Waals surface area contributed by atoms with Gasteiger partial charge in [-0.15, -0.1) is 0 Å². The number of rotatable bonds is 8. The van der Waals surface area contributed by atoms with Crippen molar-refractivity contribution in [3.8, 4) is 17.2 Å². The van der Waals surface area contributed by atoms with Gasteiger partial charge in [0.1, 0.15) is 19.0 Å². The fourth-order valence-electron chi connectivity index (χ4n) is 2.46. The van der Waals surface area contributed by atoms with Crippen LogP contribution in [0.15, 0.2) is 36.4 Å². The molecule has 0 aliphatic carbocycles. The summed E-state index contributed by atoms with van der Waals surface area (Å²) in [5.74, 6) is 0.633. The highest BCUT2D eigenvalue weighted by molar-refractivity contribution is 6.32. The highest BCUT2D eigenvalue weighted by Crippen LogP contribution is 2.36. The minimum absolute atomic E-state index is 0.286. The van der Waals surface area contributed by atoms with Gasteiger partial charge in [-0.25, -0.2) is 4.79 Å². The lowest BCUT2D eigenvalue weighted by Gasteiger charge is -2.15. The molecule has 0 fully saturated rings. The number of aliphatic carboxylic acids is 1. The van der Waals surface area contributed by atoms with Crippen molar-refractivity contribution < 1.29 is 24.1 Å². The molecule has 138 valence electrons. The van der Waals surface area contributed by atoms with Crippen LogP contribution in [-0.4, -0.2) is 31.4 Å². The largest absolute Gasteiger partial charge is 0.493 e. The van der Waals surface area contributed by atoms with E-state index in [2.05, 4.69) is 0 Å². The van der Waals surface area contributed by atoms with E-state index in [9.17, 15) is 4.79 Å². The summed E-state index contributed by atoms with van der Waals surface area (Å²) in [5, 5.41) is 9.05. The number of carboxylic acids is 1. The van der Waals surface area contributed by atoms with Crippen LogP contribution in [0.25, 0.3) is 6.08 Å². The van der Waals surface area contributed by atoms with Gasteiger partial charge in [0, 0.05) is 6.08 Å². The van der Waals surface area contributed by atoms with Gasteiger partial charge in [-0.05, 0) is 48.7 Å². The van der Waals surface area contributed by atoms with E-state index in [1.165, 1.54) is 13.2 Å². The van der Waals surface area contributed by atoms with E-state index < -0.39 is 5.97 Å². The van der Waals surface area contributed by atoms with Gasteiger partial charge >= 0.3 is 5.97 Å². The lowest BCUT2D eigenvalue weighted by molar-refractivity contribution is -0.131. The monoisotopic (exact) mass is 376 g/mol. The maximum Gasteiger partial charge on any atom is 0.328 e. The molecule has 0 heterocycles. The van der Waals surface area contributed by atoms with E-state index in [4.69, 9.17) is 30.9 Å². The molecular weight excluding hydrogens is 356 g/mol. The SMILES string of the molecule is COc1cc(C=CC(=O)O)cc(Cl)c1OCCOc1c(C)cccc1C. The van der Waals surface area contributed by atoms with Gasteiger partial charge in [0.05, 0.1) is 12.1 Å². The normalized spacial score (nSPS) is 10.8. The molecule has 0 aliphatic heterocycles. The number of aryl methyl sites for hydroxylation is 2. The molecule has 0 unspecified atom stereocenters. The van der Waals surface area contributed by atoms with Crippen LogP contribution in [0.5, 0.6) is 17.2 Å². The minimum Gasteiger partial charge on any atom is -0.493 e. The predicted octanol–water partition coefficient (Wildman–Crippen LogP) is 4.52. The molecule has 0 radical (unpaired) electrons. The van der Waals surface area contributed by atoms with Crippen molar-refractivity contribution in [3.05, 3.63) is 58.1 Å². The average molecular weight is 377 g/mol. The van der Waals surface area contributed by atoms with Crippen LogP contribution < -0.4 is 14.2 Å². The predicted molar refractivity (Wildman–Crippen MR) is 102 cm³/mol. The second-order valence-electron chi connectivity index (χ2n) is 5.62. The topological polar surface area (TPSA) is 65.0 Å². The molecule has 5 nitrogen and oxygen atoms in total. The number of ether oxygens (including phenoxy) is 3. The lowest BCUT2D eigenvalue weighted by Crippen LogP contribution is -2.11. The fraction of sp³-hybridized carbons (Fsp3) is 0.250. The van der Waals surface area contributed by atoms with Gasteiger partial charge < -0.3 is 19.3 Å². The lowest BCUT2D eigenvalue weighted by atomic mass is 10.1. The molecule has 2 aromatic carbocycles. The van der Waals surface area contributed by atoms with Gasteiger partial charge in [-0.1, -0.05) is 29.8 Å². The fourth-order valence-corrected chi connectivity index (χ4v) is 2.73. The number of halogens is 1. The Labute approximate surface area is 157 Å². The third-order valence-electron chi connectivity index (χ3n) is 3.66. The van der Waals surface area contributed by atoms with E-state index >= 15 is 0 Å². The molecule has 0 saturated heterocycles. The Hall–Kier alpha value is -2.66. The van der Waals surface area contributed by atoms with E-state index in [-0.39, 0.29) is 6.61 Å². The van der Waals surface area contributed by atoms with Gasteiger partial charge in [0.15, 0.2) is 11.5 Å².